The van der Waals surface area contributed by atoms with Gasteiger partial charge in [0, 0.05) is 32.3 Å². The van der Waals surface area contributed by atoms with E-state index in [9.17, 15) is 22.8 Å². The minimum atomic E-state index is -4.44. The molecule has 2 amide bonds. The minimum Gasteiger partial charge on any atom is -0.338 e. The summed E-state index contributed by atoms with van der Waals surface area (Å²) in [4.78, 5) is 28.7. The van der Waals surface area contributed by atoms with Crippen LogP contribution >= 0.6 is 0 Å². The number of hydrogen-bond donors (Lipinski definition) is 1. The van der Waals surface area contributed by atoms with Crippen LogP contribution in [0, 0.1) is 5.92 Å². The van der Waals surface area contributed by atoms with Gasteiger partial charge in [-0.15, -0.1) is 0 Å². The number of anilines is 1. The Labute approximate surface area is 185 Å². The highest BCUT2D eigenvalue weighted by Crippen LogP contribution is 2.30. The Morgan fingerprint density at radius 1 is 1.28 bits per heavy atom. The highest BCUT2D eigenvalue weighted by molar-refractivity contribution is 5.97. The van der Waals surface area contributed by atoms with Gasteiger partial charge >= 0.3 is 6.18 Å². The summed E-state index contributed by atoms with van der Waals surface area (Å²) in [6, 6.07) is 4.89. The molecule has 1 unspecified atom stereocenters. The lowest BCUT2D eigenvalue weighted by atomic mass is 10.1. The molecule has 1 aliphatic heterocycles. The van der Waals surface area contributed by atoms with E-state index in [0.29, 0.717) is 17.8 Å². The van der Waals surface area contributed by atoms with E-state index in [2.05, 4.69) is 29.2 Å². The Bertz CT molecular complexity index is 940. The predicted molar refractivity (Wildman–Crippen MR) is 114 cm³/mol. The van der Waals surface area contributed by atoms with Gasteiger partial charge in [-0.25, -0.2) is 0 Å². The van der Waals surface area contributed by atoms with Gasteiger partial charge in [-0.05, 0) is 30.8 Å². The number of carbonyl (C=O) groups is 2. The van der Waals surface area contributed by atoms with Crippen molar-refractivity contribution in [3.8, 4) is 0 Å². The third kappa shape index (κ3) is 6.09. The van der Waals surface area contributed by atoms with Crippen molar-refractivity contribution in [3.05, 3.63) is 47.8 Å². The van der Waals surface area contributed by atoms with E-state index in [-0.39, 0.29) is 31.3 Å². The Hall–Kier alpha value is -2.88. The van der Waals surface area contributed by atoms with Gasteiger partial charge < -0.3 is 15.1 Å². The van der Waals surface area contributed by atoms with E-state index in [1.54, 1.807) is 23.1 Å². The number of rotatable bonds is 9. The Morgan fingerprint density at radius 2 is 2.03 bits per heavy atom. The number of likely N-dealkylation sites (tertiary alicyclic amines) is 1. The largest absolute Gasteiger partial charge is 0.416 e. The second-order valence-electron chi connectivity index (χ2n) is 7.88. The Balaban J connectivity index is 1.54. The minimum absolute atomic E-state index is 0.0287. The van der Waals surface area contributed by atoms with Crippen LogP contribution in [0.25, 0.3) is 0 Å². The molecule has 0 saturated carbocycles. The first-order valence-electron chi connectivity index (χ1n) is 10.7. The van der Waals surface area contributed by atoms with Crippen molar-refractivity contribution in [2.45, 2.75) is 39.5 Å². The number of alkyl halides is 3. The predicted octanol–water partition coefficient (Wildman–Crippen LogP) is 3.23. The normalized spacial score (nSPS) is 16.8. The van der Waals surface area contributed by atoms with E-state index in [0.717, 1.165) is 31.8 Å². The van der Waals surface area contributed by atoms with Gasteiger partial charge in [0.25, 0.3) is 0 Å². The lowest BCUT2D eigenvalue weighted by Crippen LogP contribution is -2.28. The molecule has 10 heteroatoms. The number of amides is 2. The second kappa shape index (κ2) is 10.2. The van der Waals surface area contributed by atoms with Gasteiger partial charge in [0.05, 0.1) is 29.9 Å². The van der Waals surface area contributed by atoms with Crippen LogP contribution in [0.5, 0.6) is 0 Å². The molecule has 3 rings (SSSR count). The molecule has 1 aromatic carbocycles. The van der Waals surface area contributed by atoms with Crippen LogP contribution in [0.15, 0.2) is 36.7 Å². The summed E-state index contributed by atoms with van der Waals surface area (Å²) in [5.41, 5.74) is 0.177. The van der Waals surface area contributed by atoms with Crippen molar-refractivity contribution in [1.29, 1.82) is 0 Å². The summed E-state index contributed by atoms with van der Waals surface area (Å²) in [5, 5.41) is 7.05. The van der Waals surface area contributed by atoms with Crippen LogP contribution in [0.1, 0.15) is 31.4 Å². The number of nitrogens with zero attached hydrogens (tertiary/aromatic N) is 4. The molecule has 0 spiro atoms. The first kappa shape index (κ1) is 23.8. The fraction of sp³-hybridized carbons (Fsp3) is 0.500. The molecule has 2 heterocycles. The van der Waals surface area contributed by atoms with E-state index in [4.69, 9.17) is 0 Å². The Morgan fingerprint density at radius 3 is 2.72 bits per heavy atom. The van der Waals surface area contributed by atoms with Crippen LogP contribution in [-0.2, 0) is 28.9 Å². The highest BCUT2D eigenvalue weighted by atomic mass is 19.4. The zero-order chi connectivity index (χ0) is 23.3. The van der Waals surface area contributed by atoms with E-state index < -0.39 is 17.7 Å². The lowest BCUT2D eigenvalue weighted by Gasteiger charge is -2.17. The lowest BCUT2D eigenvalue weighted by molar-refractivity contribution is -0.137. The van der Waals surface area contributed by atoms with E-state index in [1.165, 1.54) is 11.0 Å². The molecular weight excluding hydrogens is 423 g/mol. The standard InChI is InChI=1S/C22H28F3N5O2/c1-3-28(4-2)8-9-30-15-19(12-26-30)27-21(32)17-11-20(31)29(14-17)13-16-6-5-7-18(10-16)22(23,24)25/h5-7,10,12,15,17H,3-4,8-9,11,13-14H2,1-2H3,(H,27,32). The maximum absolute atomic E-state index is 12.9. The van der Waals surface area contributed by atoms with Crippen LogP contribution in [0.4, 0.5) is 18.9 Å². The highest BCUT2D eigenvalue weighted by Gasteiger charge is 2.35. The Kier molecular flexibility index (Phi) is 7.55. The molecule has 174 valence electrons. The summed E-state index contributed by atoms with van der Waals surface area (Å²) >= 11 is 0. The van der Waals surface area contributed by atoms with Crippen molar-refractivity contribution < 1.29 is 22.8 Å². The van der Waals surface area contributed by atoms with Crippen molar-refractivity contribution in [3.63, 3.8) is 0 Å². The maximum atomic E-state index is 12.9. The number of nitrogens with one attached hydrogen (secondary N) is 1. The molecule has 0 bridgehead atoms. The number of likely N-dealkylation sites (N-methyl/N-ethyl adjacent to an activating group) is 1. The second-order valence-corrected chi connectivity index (χ2v) is 7.88. The first-order chi connectivity index (χ1) is 15.2. The fourth-order valence-electron chi connectivity index (χ4n) is 3.75. The molecule has 0 aliphatic carbocycles. The van der Waals surface area contributed by atoms with Gasteiger partial charge in [-0.1, -0.05) is 26.0 Å². The molecule has 32 heavy (non-hydrogen) atoms. The van der Waals surface area contributed by atoms with Gasteiger partial charge in [0.1, 0.15) is 0 Å². The summed E-state index contributed by atoms with van der Waals surface area (Å²) in [6.45, 7) is 7.85. The maximum Gasteiger partial charge on any atom is 0.416 e. The third-order valence-electron chi connectivity index (χ3n) is 5.65. The van der Waals surface area contributed by atoms with Crippen LogP contribution in [-0.4, -0.2) is 57.6 Å². The first-order valence-corrected chi connectivity index (χ1v) is 10.7. The van der Waals surface area contributed by atoms with E-state index >= 15 is 0 Å². The van der Waals surface area contributed by atoms with Crippen molar-refractivity contribution in [1.82, 2.24) is 19.6 Å². The van der Waals surface area contributed by atoms with Crippen molar-refractivity contribution in [2.24, 2.45) is 5.92 Å². The summed E-state index contributed by atoms with van der Waals surface area (Å²) < 4.78 is 40.5. The smallest absolute Gasteiger partial charge is 0.338 e. The summed E-state index contributed by atoms with van der Waals surface area (Å²) in [6.07, 6.45) is -1.10. The molecule has 2 aromatic rings. The fourth-order valence-corrected chi connectivity index (χ4v) is 3.75. The number of halogens is 3. The average molecular weight is 451 g/mol. The van der Waals surface area contributed by atoms with Gasteiger partial charge in [0.2, 0.25) is 11.8 Å². The van der Waals surface area contributed by atoms with Gasteiger partial charge in [-0.2, -0.15) is 18.3 Å². The molecule has 1 atom stereocenters. The molecule has 1 aromatic heterocycles. The van der Waals surface area contributed by atoms with Gasteiger partial charge in [-0.3, -0.25) is 14.3 Å². The zero-order valence-electron chi connectivity index (χ0n) is 18.2. The third-order valence-corrected chi connectivity index (χ3v) is 5.65. The van der Waals surface area contributed by atoms with Gasteiger partial charge in [0.15, 0.2) is 0 Å². The summed E-state index contributed by atoms with van der Waals surface area (Å²) in [5.74, 6) is -1.11. The number of hydrogen-bond acceptors (Lipinski definition) is 4. The number of aromatic nitrogens is 2. The molecule has 7 nitrogen and oxygen atoms in total. The summed E-state index contributed by atoms with van der Waals surface area (Å²) in [7, 11) is 0. The van der Waals surface area contributed by atoms with Crippen LogP contribution < -0.4 is 5.32 Å². The number of benzene rings is 1. The SMILES string of the molecule is CCN(CC)CCn1cc(NC(=O)C2CC(=O)N(Cc3cccc(C(F)(F)F)c3)C2)cn1. The zero-order valence-corrected chi connectivity index (χ0v) is 18.2. The monoisotopic (exact) mass is 451 g/mol. The van der Waals surface area contributed by atoms with Crippen molar-refractivity contribution >= 4 is 17.5 Å². The van der Waals surface area contributed by atoms with E-state index in [1.807, 2.05) is 0 Å². The quantitative estimate of drug-likeness (QED) is 0.636. The molecule has 1 N–H and O–H groups in total. The molecule has 0 radical (unpaired) electrons. The molecule has 1 fully saturated rings. The van der Waals surface area contributed by atoms with Crippen LogP contribution in [0.3, 0.4) is 0 Å². The van der Waals surface area contributed by atoms with Crippen LogP contribution in [0.2, 0.25) is 0 Å². The average Bonchev–Trinajstić information content (AvgIpc) is 3.35. The molecule has 1 aliphatic rings. The number of carbonyl (C=O) groups excluding carboxylic acids is 2. The topological polar surface area (TPSA) is 70.5 Å². The molecule has 1 saturated heterocycles. The van der Waals surface area contributed by atoms with Crippen molar-refractivity contribution in [2.75, 3.05) is 31.5 Å². The molecular formula is C22H28F3N5O2.